The molecular formula is C12H14N4O4S. The van der Waals surface area contributed by atoms with Crippen molar-refractivity contribution in [3.05, 3.63) is 45.4 Å². The van der Waals surface area contributed by atoms with Gasteiger partial charge in [-0.25, -0.2) is 4.98 Å². The molecule has 8 nitrogen and oxygen atoms in total. The van der Waals surface area contributed by atoms with Crippen molar-refractivity contribution in [3.8, 4) is 0 Å². The number of aromatic nitrogens is 2. The van der Waals surface area contributed by atoms with Crippen LogP contribution in [0.15, 0.2) is 23.4 Å². The highest BCUT2D eigenvalue weighted by molar-refractivity contribution is 7.92. The SMILES string of the molecule is Cc1ncc(S(=O)(=O)Nc2cc(C)c([N+](=O)[O-])cc2C)[nH]1. The van der Waals surface area contributed by atoms with Gasteiger partial charge in [0.15, 0.2) is 5.03 Å². The molecule has 0 saturated carbocycles. The van der Waals surface area contributed by atoms with E-state index < -0.39 is 14.9 Å². The number of nitrogens with one attached hydrogen (secondary N) is 2. The van der Waals surface area contributed by atoms with Gasteiger partial charge in [0.25, 0.3) is 15.7 Å². The van der Waals surface area contributed by atoms with Crippen molar-refractivity contribution in [1.29, 1.82) is 0 Å². The van der Waals surface area contributed by atoms with Gasteiger partial charge in [0.05, 0.1) is 16.8 Å². The largest absolute Gasteiger partial charge is 0.332 e. The first-order chi connectivity index (χ1) is 9.70. The number of aryl methyl sites for hydroxylation is 3. The van der Waals surface area contributed by atoms with Crippen LogP contribution in [0.2, 0.25) is 0 Å². The van der Waals surface area contributed by atoms with Crippen molar-refractivity contribution in [2.24, 2.45) is 0 Å². The molecule has 9 heteroatoms. The molecule has 2 rings (SSSR count). The van der Waals surface area contributed by atoms with Crippen molar-refractivity contribution in [2.45, 2.75) is 25.8 Å². The Morgan fingerprint density at radius 1 is 1.24 bits per heavy atom. The maximum absolute atomic E-state index is 12.2. The Morgan fingerprint density at radius 3 is 2.43 bits per heavy atom. The fourth-order valence-corrected chi connectivity index (χ4v) is 2.94. The minimum Gasteiger partial charge on any atom is -0.332 e. The summed E-state index contributed by atoms with van der Waals surface area (Å²) >= 11 is 0. The molecule has 1 aromatic heterocycles. The van der Waals surface area contributed by atoms with E-state index in [1.165, 1.54) is 18.3 Å². The van der Waals surface area contributed by atoms with Crippen LogP contribution in [0.4, 0.5) is 11.4 Å². The summed E-state index contributed by atoms with van der Waals surface area (Å²) < 4.78 is 26.8. The van der Waals surface area contributed by atoms with Gasteiger partial charge in [-0.15, -0.1) is 0 Å². The topological polar surface area (TPSA) is 118 Å². The van der Waals surface area contributed by atoms with E-state index in [-0.39, 0.29) is 10.7 Å². The van der Waals surface area contributed by atoms with Gasteiger partial charge < -0.3 is 4.98 Å². The van der Waals surface area contributed by atoms with Crippen molar-refractivity contribution in [1.82, 2.24) is 9.97 Å². The number of benzene rings is 1. The summed E-state index contributed by atoms with van der Waals surface area (Å²) in [7, 11) is -3.80. The van der Waals surface area contributed by atoms with Gasteiger partial charge in [0, 0.05) is 11.6 Å². The number of nitro benzene ring substituents is 1. The molecule has 0 saturated heterocycles. The number of aromatic amines is 1. The summed E-state index contributed by atoms with van der Waals surface area (Å²) in [6.07, 6.45) is 1.21. The van der Waals surface area contributed by atoms with E-state index in [9.17, 15) is 18.5 Å². The molecular weight excluding hydrogens is 296 g/mol. The number of hydrogen-bond acceptors (Lipinski definition) is 5. The van der Waals surface area contributed by atoms with E-state index in [2.05, 4.69) is 14.7 Å². The van der Waals surface area contributed by atoms with Crippen molar-refractivity contribution in [2.75, 3.05) is 4.72 Å². The molecule has 21 heavy (non-hydrogen) atoms. The molecule has 0 bridgehead atoms. The smallest absolute Gasteiger partial charge is 0.278 e. The lowest BCUT2D eigenvalue weighted by atomic mass is 10.1. The summed E-state index contributed by atoms with van der Waals surface area (Å²) in [6, 6.07) is 2.78. The van der Waals surface area contributed by atoms with E-state index in [1.54, 1.807) is 20.8 Å². The highest BCUT2D eigenvalue weighted by atomic mass is 32.2. The summed E-state index contributed by atoms with van der Waals surface area (Å²) in [4.78, 5) is 16.8. The minimum atomic E-state index is -3.80. The zero-order valence-electron chi connectivity index (χ0n) is 11.7. The molecule has 0 fully saturated rings. The molecule has 0 spiro atoms. The number of nitro groups is 1. The van der Waals surface area contributed by atoms with Crippen molar-refractivity contribution in [3.63, 3.8) is 0 Å². The second-order valence-corrected chi connectivity index (χ2v) is 6.30. The van der Waals surface area contributed by atoms with Crippen LogP contribution in [-0.2, 0) is 10.0 Å². The number of H-pyrrole nitrogens is 1. The van der Waals surface area contributed by atoms with Crippen LogP contribution < -0.4 is 4.72 Å². The van der Waals surface area contributed by atoms with Gasteiger partial charge >= 0.3 is 0 Å². The lowest BCUT2D eigenvalue weighted by molar-refractivity contribution is -0.385. The average molecular weight is 310 g/mol. The lowest BCUT2D eigenvalue weighted by Gasteiger charge is -2.10. The molecule has 0 aliphatic heterocycles. The average Bonchev–Trinajstić information content (AvgIpc) is 2.80. The summed E-state index contributed by atoms with van der Waals surface area (Å²) in [5.74, 6) is 0.479. The monoisotopic (exact) mass is 310 g/mol. The summed E-state index contributed by atoms with van der Waals surface area (Å²) in [6.45, 7) is 4.79. The third-order valence-electron chi connectivity index (χ3n) is 2.95. The molecule has 0 aliphatic carbocycles. The Kier molecular flexibility index (Phi) is 3.69. The summed E-state index contributed by atoms with van der Waals surface area (Å²) in [5, 5.41) is 10.8. The Hall–Kier alpha value is -2.42. The van der Waals surface area contributed by atoms with Crippen LogP contribution in [-0.4, -0.2) is 23.3 Å². The molecule has 2 aromatic rings. The first kappa shape index (κ1) is 15.0. The first-order valence-corrected chi connectivity index (χ1v) is 7.49. The number of hydrogen-bond donors (Lipinski definition) is 2. The zero-order valence-corrected chi connectivity index (χ0v) is 12.5. The molecule has 1 heterocycles. The van der Waals surface area contributed by atoms with Crippen molar-refractivity contribution >= 4 is 21.4 Å². The Balaban J connectivity index is 2.40. The summed E-state index contributed by atoms with van der Waals surface area (Å²) in [5.41, 5.74) is 1.09. The number of rotatable bonds is 4. The van der Waals surface area contributed by atoms with Gasteiger partial charge in [-0.05, 0) is 32.4 Å². The standard InChI is InChI=1S/C12H14N4O4S/c1-7-5-11(16(17)18)8(2)4-10(7)15-21(19,20)12-6-13-9(3)14-12/h4-6,15H,1-3H3,(H,13,14). The molecule has 0 radical (unpaired) electrons. The predicted molar refractivity (Wildman–Crippen MR) is 76.7 cm³/mol. The molecule has 1 aromatic carbocycles. The normalized spacial score (nSPS) is 11.4. The number of anilines is 1. The lowest BCUT2D eigenvalue weighted by Crippen LogP contribution is -2.14. The highest BCUT2D eigenvalue weighted by Gasteiger charge is 2.20. The zero-order chi connectivity index (χ0) is 15.8. The molecule has 0 atom stereocenters. The number of nitrogens with zero attached hydrogens (tertiary/aromatic N) is 2. The van der Waals surface area contributed by atoms with Crippen molar-refractivity contribution < 1.29 is 13.3 Å². The van der Waals surface area contributed by atoms with Gasteiger partial charge in [0.1, 0.15) is 5.82 Å². The Labute approximate surface area is 121 Å². The van der Waals surface area contributed by atoms with Crippen LogP contribution in [0.5, 0.6) is 0 Å². The second kappa shape index (κ2) is 5.17. The third-order valence-corrected chi connectivity index (χ3v) is 4.23. The Bertz CT molecular complexity index is 811. The quantitative estimate of drug-likeness (QED) is 0.661. The Morgan fingerprint density at radius 2 is 1.90 bits per heavy atom. The fraction of sp³-hybridized carbons (Fsp3) is 0.250. The minimum absolute atomic E-state index is 0.0483. The molecule has 0 amide bonds. The van der Waals surface area contributed by atoms with E-state index >= 15 is 0 Å². The maximum Gasteiger partial charge on any atom is 0.278 e. The molecule has 112 valence electrons. The predicted octanol–water partition coefficient (Wildman–Crippen LogP) is 2.04. The van der Waals surface area contributed by atoms with Gasteiger partial charge in [-0.2, -0.15) is 8.42 Å². The molecule has 0 unspecified atom stereocenters. The first-order valence-electron chi connectivity index (χ1n) is 6.01. The number of imidazole rings is 1. The highest BCUT2D eigenvalue weighted by Crippen LogP contribution is 2.27. The fourth-order valence-electron chi connectivity index (χ4n) is 1.84. The molecule has 2 N–H and O–H groups in total. The maximum atomic E-state index is 12.2. The van der Waals surface area contributed by atoms with E-state index in [0.29, 0.717) is 22.6 Å². The third kappa shape index (κ3) is 3.02. The van der Waals surface area contributed by atoms with Crippen LogP contribution >= 0.6 is 0 Å². The van der Waals surface area contributed by atoms with Crippen LogP contribution in [0.3, 0.4) is 0 Å². The van der Waals surface area contributed by atoms with Crippen LogP contribution in [0, 0.1) is 30.9 Å². The molecule has 0 aliphatic rings. The van der Waals surface area contributed by atoms with Gasteiger partial charge in [-0.1, -0.05) is 0 Å². The van der Waals surface area contributed by atoms with E-state index in [1.807, 2.05) is 0 Å². The number of sulfonamides is 1. The van der Waals surface area contributed by atoms with Gasteiger partial charge in [0.2, 0.25) is 0 Å². The van der Waals surface area contributed by atoms with Crippen LogP contribution in [0.1, 0.15) is 17.0 Å². The van der Waals surface area contributed by atoms with Crippen LogP contribution in [0.25, 0.3) is 0 Å². The van der Waals surface area contributed by atoms with Gasteiger partial charge in [-0.3, -0.25) is 14.8 Å². The second-order valence-electron chi connectivity index (χ2n) is 4.65. The van der Waals surface area contributed by atoms with E-state index in [0.717, 1.165) is 0 Å². The van der Waals surface area contributed by atoms with E-state index in [4.69, 9.17) is 0 Å².